The predicted octanol–water partition coefficient (Wildman–Crippen LogP) is 1.62. The number of aromatic amines is 1. The second kappa shape index (κ2) is 5.42. The molecule has 22 heavy (non-hydrogen) atoms. The van der Waals surface area contributed by atoms with E-state index >= 15 is 0 Å². The molecule has 0 saturated carbocycles. The molecule has 0 aliphatic carbocycles. The molecule has 2 heterocycles. The lowest BCUT2D eigenvalue weighted by atomic mass is 10.2. The number of amides is 1. The van der Waals surface area contributed by atoms with Crippen molar-refractivity contribution in [3.05, 3.63) is 35.8 Å². The Morgan fingerprint density at radius 2 is 2.18 bits per heavy atom. The molecule has 0 radical (unpaired) electrons. The summed E-state index contributed by atoms with van der Waals surface area (Å²) in [5.74, 6) is -1.88. The molecule has 1 aromatic carbocycles. The van der Waals surface area contributed by atoms with E-state index in [1.54, 1.807) is 0 Å². The second-order valence-electron chi connectivity index (χ2n) is 5.32. The maximum atomic E-state index is 13.2. The average Bonchev–Trinajstić information content (AvgIpc) is 3.09. The van der Waals surface area contributed by atoms with Gasteiger partial charge in [-0.3, -0.25) is 4.79 Å². The first kappa shape index (κ1) is 14.5. The van der Waals surface area contributed by atoms with Crippen LogP contribution in [0.15, 0.2) is 24.3 Å². The highest BCUT2D eigenvalue weighted by molar-refractivity contribution is 5.99. The maximum Gasteiger partial charge on any atom is 0.326 e. The number of nitrogens with zero attached hydrogens (tertiary/aromatic N) is 1. The van der Waals surface area contributed by atoms with Crippen LogP contribution in [0.3, 0.4) is 0 Å². The molecule has 1 aliphatic rings. The summed E-state index contributed by atoms with van der Waals surface area (Å²) >= 11 is 0. The second-order valence-corrected chi connectivity index (χ2v) is 5.32. The molecule has 1 aliphatic heterocycles. The largest absolute Gasteiger partial charge is 0.480 e. The van der Waals surface area contributed by atoms with Gasteiger partial charge in [-0.05, 0) is 24.3 Å². The van der Waals surface area contributed by atoms with Crippen LogP contribution < -0.4 is 0 Å². The summed E-state index contributed by atoms with van der Waals surface area (Å²) in [6, 6.07) is 4.77. The molecule has 1 aromatic heterocycles. The number of benzene rings is 1. The number of nitrogens with one attached hydrogen (secondary N) is 1. The topological polar surface area (TPSA) is 82.6 Å². The number of aliphatic carboxylic acids is 1. The van der Waals surface area contributed by atoms with Gasteiger partial charge in [-0.15, -0.1) is 0 Å². The van der Waals surface area contributed by atoms with Crippen LogP contribution >= 0.6 is 0 Å². The fraction of sp³-hybridized carbons (Fsp3) is 0.333. The normalized spacial score (nSPS) is 21.5. The van der Waals surface area contributed by atoms with E-state index in [2.05, 4.69) is 4.98 Å². The molecule has 1 fully saturated rings. The van der Waals surface area contributed by atoms with Crippen molar-refractivity contribution in [2.75, 3.05) is 13.7 Å². The van der Waals surface area contributed by atoms with E-state index in [-0.39, 0.29) is 24.8 Å². The first-order valence-electron chi connectivity index (χ1n) is 6.84. The molecule has 1 amide bonds. The molecule has 2 unspecified atom stereocenters. The summed E-state index contributed by atoms with van der Waals surface area (Å²) in [6.07, 6.45) is -0.0428. The van der Waals surface area contributed by atoms with Crippen LogP contribution in [0, 0.1) is 5.82 Å². The van der Waals surface area contributed by atoms with Gasteiger partial charge in [0.25, 0.3) is 5.91 Å². The van der Waals surface area contributed by atoms with Gasteiger partial charge >= 0.3 is 5.97 Å². The number of halogens is 1. The van der Waals surface area contributed by atoms with E-state index in [0.29, 0.717) is 10.9 Å². The van der Waals surface area contributed by atoms with Crippen LogP contribution in [-0.2, 0) is 9.53 Å². The van der Waals surface area contributed by atoms with Crippen molar-refractivity contribution < 1.29 is 23.8 Å². The third-order valence-corrected chi connectivity index (χ3v) is 3.96. The molecule has 116 valence electrons. The third-order valence-electron chi connectivity index (χ3n) is 3.96. The molecule has 1 saturated heterocycles. The van der Waals surface area contributed by atoms with Crippen molar-refractivity contribution in [2.24, 2.45) is 0 Å². The van der Waals surface area contributed by atoms with E-state index in [1.165, 1.54) is 36.3 Å². The summed E-state index contributed by atoms with van der Waals surface area (Å²) in [7, 11) is 1.49. The molecule has 2 N–H and O–H groups in total. The minimum Gasteiger partial charge on any atom is -0.480 e. The first-order valence-corrected chi connectivity index (χ1v) is 6.84. The number of methoxy groups -OCH3 is 1. The third kappa shape index (κ3) is 2.43. The summed E-state index contributed by atoms with van der Waals surface area (Å²) in [6.45, 7) is 0.218. The maximum absolute atomic E-state index is 13.2. The van der Waals surface area contributed by atoms with Crippen LogP contribution in [0.1, 0.15) is 16.9 Å². The molecule has 6 nitrogen and oxygen atoms in total. The lowest BCUT2D eigenvalue weighted by Gasteiger charge is -2.20. The van der Waals surface area contributed by atoms with Gasteiger partial charge in [0, 0.05) is 31.0 Å². The average molecular weight is 306 g/mol. The molecule has 2 aromatic rings. The highest BCUT2D eigenvalue weighted by atomic mass is 19.1. The number of ether oxygens (including phenoxy) is 1. The highest BCUT2D eigenvalue weighted by Gasteiger charge is 2.40. The Kier molecular flexibility index (Phi) is 3.58. The number of likely N-dealkylation sites (tertiary alicyclic amines) is 1. The van der Waals surface area contributed by atoms with Crippen LogP contribution in [0.25, 0.3) is 10.9 Å². The monoisotopic (exact) mass is 306 g/mol. The molecular weight excluding hydrogens is 291 g/mol. The van der Waals surface area contributed by atoms with Crippen molar-refractivity contribution in [2.45, 2.75) is 18.6 Å². The Labute approximate surface area is 125 Å². The number of rotatable bonds is 3. The first-order chi connectivity index (χ1) is 10.5. The Balaban J connectivity index is 1.92. The van der Waals surface area contributed by atoms with Gasteiger partial charge < -0.3 is 19.7 Å². The van der Waals surface area contributed by atoms with Gasteiger partial charge in [0.15, 0.2) is 0 Å². The van der Waals surface area contributed by atoms with Crippen molar-refractivity contribution in [3.63, 3.8) is 0 Å². The summed E-state index contributed by atoms with van der Waals surface area (Å²) in [4.78, 5) is 28.1. The summed E-state index contributed by atoms with van der Waals surface area (Å²) in [5.41, 5.74) is 0.864. The highest BCUT2D eigenvalue weighted by Crippen LogP contribution is 2.24. The quantitative estimate of drug-likeness (QED) is 0.902. The summed E-state index contributed by atoms with van der Waals surface area (Å²) in [5, 5.41) is 9.83. The predicted molar refractivity (Wildman–Crippen MR) is 76.1 cm³/mol. The van der Waals surface area contributed by atoms with Gasteiger partial charge in [-0.25, -0.2) is 9.18 Å². The smallest absolute Gasteiger partial charge is 0.326 e. The SMILES string of the molecule is COC1CC(C(=O)O)N(C(=O)c2cc3cc(F)ccc3[nH]2)C1. The number of fused-ring (bicyclic) bond motifs is 1. The lowest BCUT2D eigenvalue weighted by molar-refractivity contribution is -0.141. The minimum absolute atomic E-state index is 0.218. The van der Waals surface area contributed by atoms with Crippen LogP contribution in [0.4, 0.5) is 4.39 Å². The lowest BCUT2D eigenvalue weighted by Crippen LogP contribution is -2.40. The van der Waals surface area contributed by atoms with Gasteiger partial charge in [0.1, 0.15) is 17.6 Å². The minimum atomic E-state index is -1.06. The van der Waals surface area contributed by atoms with Gasteiger partial charge in [-0.1, -0.05) is 0 Å². The van der Waals surface area contributed by atoms with E-state index in [1.807, 2.05) is 0 Å². The number of hydrogen-bond donors (Lipinski definition) is 2. The van der Waals surface area contributed by atoms with E-state index in [0.717, 1.165) is 0 Å². The number of carbonyl (C=O) groups excluding carboxylic acids is 1. The zero-order valence-electron chi connectivity index (χ0n) is 11.9. The molecule has 0 bridgehead atoms. The van der Waals surface area contributed by atoms with E-state index in [9.17, 15) is 19.1 Å². The number of hydrogen-bond acceptors (Lipinski definition) is 3. The standard InChI is InChI=1S/C15H15FN2O4/c1-22-10-6-13(15(20)21)18(7-10)14(19)12-5-8-4-9(16)2-3-11(8)17-12/h2-5,10,13,17H,6-7H2,1H3,(H,20,21). The van der Waals surface area contributed by atoms with Crippen LogP contribution in [-0.4, -0.2) is 52.7 Å². The Morgan fingerprint density at radius 3 is 2.86 bits per heavy atom. The fourth-order valence-electron chi connectivity index (χ4n) is 2.80. The van der Waals surface area contributed by atoms with E-state index < -0.39 is 23.7 Å². The van der Waals surface area contributed by atoms with Crippen LogP contribution in [0.2, 0.25) is 0 Å². The molecule has 2 atom stereocenters. The Morgan fingerprint density at radius 1 is 1.41 bits per heavy atom. The van der Waals surface area contributed by atoms with Crippen molar-refractivity contribution in [1.82, 2.24) is 9.88 Å². The number of H-pyrrole nitrogens is 1. The number of carboxylic acids is 1. The van der Waals surface area contributed by atoms with Crippen LogP contribution in [0.5, 0.6) is 0 Å². The van der Waals surface area contributed by atoms with Gasteiger partial charge in [0.05, 0.1) is 6.10 Å². The number of carboxylic acid groups (broad SMARTS) is 1. The zero-order chi connectivity index (χ0) is 15.9. The number of aromatic nitrogens is 1. The fourth-order valence-corrected chi connectivity index (χ4v) is 2.80. The van der Waals surface area contributed by atoms with E-state index in [4.69, 9.17) is 4.74 Å². The molecule has 7 heteroatoms. The number of carbonyl (C=O) groups is 2. The van der Waals surface area contributed by atoms with Gasteiger partial charge in [-0.2, -0.15) is 0 Å². The Hall–Kier alpha value is -2.41. The molecule has 3 rings (SSSR count). The van der Waals surface area contributed by atoms with Crippen molar-refractivity contribution in [3.8, 4) is 0 Å². The van der Waals surface area contributed by atoms with Crippen molar-refractivity contribution >= 4 is 22.8 Å². The zero-order valence-corrected chi connectivity index (χ0v) is 11.9. The summed E-state index contributed by atoms with van der Waals surface area (Å²) < 4.78 is 18.4. The Bertz CT molecular complexity index is 742. The molecular formula is C15H15FN2O4. The van der Waals surface area contributed by atoms with Crippen molar-refractivity contribution in [1.29, 1.82) is 0 Å². The molecule has 0 spiro atoms. The van der Waals surface area contributed by atoms with Gasteiger partial charge in [0.2, 0.25) is 0 Å².